The van der Waals surface area contributed by atoms with Gasteiger partial charge in [-0.05, 0) is 31.5 Å². The van der Waals surface area contributed by atoms with E-state index in [2.05, 4.69) is 0 Å². The van der Waals surface area contributed by atoms with Gasteiger partial charge in [-0.3, -0.25) is 0 Å². The maximum absolute atomic E-state index is 12.5. The first-order chi connectivity index (χ1) is 10.8. The summed E-state index contributed by atoms with van der Waals surface area (Å²) in [5.74, 6) is -0.223. The standard InChI is InChI=1S/C16H19ClN2O3S/c1-12-8-19(9-13(2)22-12)10-16(7-18)23(20,21)11-14-3-5-15(17)6-4-14/h3-6,10,12-13H,8-9,11H2,1-2H3/b16-10+/t12-,13+. The molecule has 1 fully saturated rings. The van der Waals surface area contributed by atoms with Crippen LogP contribution in [0.2, 0.25) is 5.02 Å². The maximum Gasteiger partial charge on any atom is 0.193 e. The van der Waals surface area contributed by atoms with Crippen molar-refractivity contribution >= 4 is 21.4 Å². The molecule has 1 aliphatic heterocycles. The van der Waals surface area contributed by atoms with Crippen molar-refractivity contribution in [2.24, 2.45) is 0 Å². The van der Waals surface area contributed by atoms with Gasteiger partial charge in [0.2, 0.25) is 0 Å². The quantitative estimate of drug-likeness (QED) is 0.777. The van der Waals surface area contributed by atoms with E-state index in [9.17, 15) is 13.7 Å². The first kappa shape index (κ1) is 17.8. The van der Waals surface area contributed by atoms with Gasteiger partial charge < -0.3 is 9.64 Å². The third-order valence-corrected chi connectivity index (χ3v) is 5.30. The van der Waals surface area contributed by atoms with E-state index in [1.54, 1.807) is 24.3 Å². The van der Waals surface area contributed by atoms with Gasteiger partial charge in [0.1, 0.15) is 6.07 Å². The summed E-state index contributed by atoms with van der Waals surface area (Å²) in [7, 11) is -3.70. The van der Waals surface area contributed by atoms with Crippen LogP contribution in [0.4, 0.5) is 0 Å². The van der Waals surface area contributed by atoms with Crippen LogP contribution in [-0.4, -0.2) is 38.6 Å². The Labute approximate surface area is 142 Å². The van der Waals surface area contributed by atoms with Crippen LogP contribution in [0.25, 0.3) is 0 Å². The van der Waals surface area contributed by atoms with Crippen LogP contribution in [0, 0.1) is 11.3 Å². The van der Waals surface area contributed by atoms with E-state index in [1.807, 2.05) is 24.8 Å². The van der Waals surface area contributed by atoms with Crippen LogP contribution in [0.5, 0.6) is 0 Å². The lowest BCUT2D eigenvalue weighted by molar-refractivity contribution is -0.0541. The fourth-order valence-electron chi connectivity index (χ4n) is 2.55. The molecular weight excluding hydrogens is 336 g/mol. The molecule has 0 aromatic heterocycles. The summed E-state index contributed by atoms with van der Waals surface area (Å²) in [4.78, 5) is 1.60. The number of hydrogen-bond donors (Lipinski definition) is 0. The van der Waals surface area contributed by atoms with E-state index >= 15 is 0 Å². The molecule has 2 rings (SSSR count). The summed E-state index contributed by atoms with van der Waals surface area (Å²) in [6.45, 7) is 4.97. The lowest BCUT2D eigenvalue weighted by atomic mass is 10.2. The number of sulfone groups is 1. The Morgan fingerprint density at radius 1 is 1.35 bits per heavy atom. The second-order valence-electron chi connectivity index (χ2n) is 5.70. The topological polar surface area (TPSA) is 70.4 Å². The molecule has 1 aromatic carbocycles. The first-order valence-corrected chi connectivity index (χ1v) is 9.32. The summed E-state index contributed by atoms with van der Waals surface area (Å²) < 4.78 is 30.6. The van der Waals surface area contributed by atoms with Gasteiger partial charge in [0, 0.05) is 24.3 Å². The number of halogens is 1. The van der Waals surface area contributed by atoms with Crippen molar-refractivity contribution in [3.63, 3.8) is 0 Å². The van der Waals surface area contributed by atoms with Crippen LogP contribution < -0.4 is 0 Å². The van der Waals surface area contributed by atoms with Crippen LogP contribution in [-0.2, 0) is 20.3 Å². The molecule has 1 aromatic rings. The van der Waals surface area contributed by atoms with E-state index in [1.165, 1.54) is 6.20 Å². The number of allylic oxidation sites excluding steroid dienone is 1. The lowest BCUT2D eigenvalue weighted by Crippen LogP contribution is -2.42. The molecule has 124 valence electrons. The summed E-state index contributed by atoms with van der Waals surface area (Å²) in [6, 6.07) is 8.37. The highest BCUT2D eigenvalue weighted by atomic mass is 35.5. The van der Waals surface area contributed by atoms with Crippen LogP contribution >= 0.6 is 11.6 Å². The molecule has 0 bridgehead atoms. The van der Waals surface area contributed by atoms with Crippen LogP contribution in [0.1, 0.15) is 19.4 Å². The molecule has 23 heavy (non-hydrogen) atoms. The Balaban J connectivity index is 2.19. The average Bonchev–Trinajstić information content (AvgIpc) is 2.46. The zero-order valence-corrected chi connectivity index (χ0v) is 14.6. The third kappa shape index (κ3) is 4.96. The largest absolute Gasteiger partial charge is 0.372 e. The van der Waals surface area contributed by atoms with Crippen molar-refractivity contribution in [2.45, 2.75) is 31.8 Å². The Morgan fingerprint density at radius 2 is 1.91 bits per heavy atom. The molecule has 0 aliphatic carbocycles. The molecule has 1 saturated heterocycles. The van der Waals surface area contributed by atoms with Crippen molar-refractivity contribution in [2.75, 3.05) is 13.1 Å². The molecule has 0 spiro atoms. The van der Waals surface area contributed by atoms with E-state index in [0.29, 0.717) is 23.7 Å². The van der Waals surface area contributed by atoms with Crippen molar-refractivity contribution in [1.82, 2.24) is 4.90 Å². The molecule has 7 heteroatoms. The number of nitriles is 1. The van der Waals surface area contributed by atoms with E-state index in [-0.39, 0.29) is 22.9 Å². The lowest BCUT2D eigenvalue weighted by Gasteiger charge is -2.34. The van der Waals surface area contributed by atoms with Crippen molar-refractivity contribution in [3.8, 4) is 6.07 Å². The predicted octanol–water partition coefficient (Wildman–Crippen LogP) is 2.73. The average molecular weight is 355 g/mol. The van der Waals surface area contributed by atoms with E-state index < -0.39 is 9.84 Å². The zero-order chi connectivity index (χ0) is 17.0. The second kappa shape index (κ2) is 7.35. The van der Waals surface area contributed by atoms with Crippen LogP contribution in [0.15, 0.2) is 35.4 Å². The van der Waals surface area contributed by atoms with Gasteiger partial charge in [-0.15, -0.1) is 0 Å². The number of nitrogens with zero attached hydrogens (tertiary/aromatic N) is 2. The molecular formula is C16H19ClN2O3S. The molecule has 0 N–H and O–H groups in total. The number of hydrogen-bond acceptors (Lipinski definition) is 5. The minimum absolute atomic E-state index is 0.00564. The van der Waals surface area contributed by atoms with Gasteiger partial charge in [-0.25, -0.2) is 8.42 Å². The molecule has 1 aliphatic rings. The Bertz CT molecular complexity index is 713. The Hall–Kier alpha value is -1.55. The van der Waals surface area contributed by atoms with Gasteiger partial charge in [0.25, 0.3) is 0 Å². The SMILES string of the molecule is C[C@@H]1CN(/C=C(\C#N)S(=O)(=O)Cc2ccc(Cl)cc2)C[C@H](C)O1. The number of morpholine rings is 1. The molecule has 0 unspecified atom stereocenters. The van der Waals surface area contributed by atoms with Gasteiger partial charge in [-0.1, -0.05) is 23.7 Å². The molecule has 0 saturated carbocycles. The van der Waals surface area contributed by atoms with Gasteiger partial charge in [0.05, 0.1) is 18.0 Å². The van der Waals surface area contributed by atoms with Gasteiger partial charge >= 0.3 is 0 Å². The van der Waals surface area contributed by atoms with E-state index in [0.717, 1.165) is 0 Å². The molecule has 2 atom stereocenters. The minimum Gasteiger partial charge on any atom is -0.372 e. The smallest absolute Gasteiger partial charge is 0.193 e. The summed E-state index contributed by atoms with van der Waals surface area (Å²) in [6.07, 6.45) is 1.42. The van der Waals surface area contributed by atoms with Gasteiger partial charge in [0.15, 0.2) is 14.7 Å². The summed E-state index contributed by atoms with van der Waals surface area (Å²) in [5, 5.41) is 9.81. The normalized spacial score (nSPS) is 22.7. The maximum atomic E-state index is 12.5. The predicted molar refractivity (Wildman–Crippen MR) is 89.4 cm³/mol. The Morgan fingerprint density at radius 3 is 2.43 bits per heavy atom. The number of rotatable bonds is 4. The van der Waals surface area contributed by atoms with Gasteiger partial charge in [-0.2, -0.15) is 5.26 Å². The fourth-order valence-corrected chi connectivity index (χ4v) is 3.91. The molecule has 1 heterocycles. The highest BCUT2D eigenvalue weighted by molar-refractivity contribution is 7.94. The minimum atomic E-state index is -3.70. The van der Waals surface area contributed by atoms with E-state index in [4.69, 9.17) is 16.3 Å². The third-order valence-electron chi connectivity index (χ3n) is 3.46. The highest BCUT2D eigenvalue weighted by Crippen LogP contribution is 2.19. The highest BCUT2D eigenvalue weighted by Gasteiger charge is 2.24. The van der Waals surface area contributed by atoms with Crippen molar-refractivity contribution < 1.29 is 13.2 Å². The molecule has 0 amide bonds. The second-order valence-corrected chi connectivity index (χ2v) is 8.10. The van der Waals surface area contributed by atoms with Crippen molar-refractivity contribution in [1.29, 1.82) is 5.26 Å². The zero-order valence-electron chi connectivity index (χ0n) is 13.1. The number of ether oxygens (including phenoxy) is 1. The fraction of sp³-hybridized carbons (Fsp3) is 0.438. The summed E-state index contributed by atoms with van der Waals surface area (Å²) in [5.41, 5.74) is 0.597. The molecule has 0 radical (unpaired) electrons. The monoisotopic (exact) mass is 354 g/mol. The van der Waals surface area contributed by atoms with Crippen LogP contribution in [0.3, 0.4) is 0 Å². The Kier molecular flexibility index (Phi) is 5.69. The van der Waals surface area contributed by atoms with Crippen molar-refractivity contribution in [3.05, 3.63) is 46.0 Å². The molecule has 5 nitrogen and oxygen atoms in total. The number of benzene rings is 1. The first-order valence-electron chi connectivity index (χ1n) is 7.29. The summed E-state index contributed by atoms with van der Waals surface area (Å²) >= 11 is 5.80.